The van der Waals surface area contributed by atoms with Crippen LogP contribution in [0.15, 0.2) is 0 Å². The van der Waals surface area contributed by atoms with Gasteiger partial charge < -0.3 is 21.1 Å². The maximum Gasteiger partial charge on any atom is 0.345 e. The van der Waals surface area contributed by atoms with E-state index >= 15 is 0 Å². The van der Waals surface area contributed by atoms with Crippen molar-refractivity contribution < 1.29 is 9.53 Å². The van der Waals surface area contributed by atoms with Gasteiger partial charge in [-0.15, -0.1) is 0 Å². The number of nitrogens with two attached hydrogens (primary N) is 2. The molecule has 0 radical (unpaired) electrons. The summed E-state index contributed by atoms with van der Waals surface area (Å²) >= 11 is 0. The highest BCUT2D eigenvalue weighted by Crippen LogP contribution is 2.28. The number of rotatable bonds is 4. The summed E-state index contributed by atoms with van der Waals surface area (Å²) in [7, 11) is 1.36. The van der Waals surface area contributed by atoms with E-state index in [1.165, 1.54) is 7.11 Å². The maximum absolute atomic E-state index is 12.0. The number of esters is 1. The monoisotopic (exact) mass is 281 g/mol. The second kappa shape index (κ2) is 6.13. The van der Waals surface area contributed by atoms with Gasteiger partial charge in [0.1, 0.15) is 11.4 Å². The van der Waals surface area contributed by atoms with Crippen molar-refractivity contribution in [3.05, 3.63) is 5.56 Å². The summed E-state index contributed by atoms with van der Waals surface area (Å²) in [5.74, 6) is 0.563. The van der Waals surface area contributed by atoms with Crippen LogP contribution in [0.3, 0.4) is 0 Å². The van der Waals surface area contributed by atoms with Gasteiger partial charge in [0, 0.05) is 25.7 Å². The third-order valence-electron chi connectivity index (χ3n) is 3.64. The molecule has 0 unspecified atom stereocenters. The van der Waals surface area contributed by atoms with Gasteiger partial charge in [0.15, 0.2) is 5.82 Å². The topological polar surface area (TPSA) is 99.4 Å². The van der Waals surface area contributed by atoms with Crippen molar-refractivity contribution in [3.63, 3.8) is 0 Å². The van der Waals surface area contributed by atoms with Crippen LogP contribution in [0, 0.1) is 0 Å². The number of ether oxygens (including phenoxy) is 1. The zero-order valence-corrected chi connectivity index (χ0v) is 12.1. The Balaban J connectivity index is 2.35. The molecule has 0 spiro atoms. The Morgan fingerprint density at radius 3 is 2.65 bits per heavy atom. The number of piperidine rings is 1. The third kappa shape index (κ3) is 2.72. The Morgan fingerprint density at radius 2 is 2.10 bits per heavy atom. The molecular formula is C13H23N5O2. The fourth-order valence-corrected chi connectivity index (χ4v) is 2.47. The molecule has 0 amide bonds. The van der Waals surface area contributed by atoms with Crippen molar-refractivity contribution in [2.75, 3.05) is 30.8 Å². The Labute approximate surface area is 118 Å². The van der Waals surface area contributed by atoms with Gasteiger partial charge in [-0.2, -0.15) is 5.10 Å². The summed E-state index contributed by atoms with van der Waals surface area (Å²) in [5, 5.41) is 4.49. The lowest BCUT2D eigenvalue weighted by Gasteiger charge is -2.30. The highest BCUT2D eigenvalue weighted by molar-refractivity contribution is 5.99. The first-order chi connectivity index (χ1) is 9.58. The minimum absolute atomic E-state index is 0.225. The highest BCUT2D eigenvalue weighted by atomic mass is 16.5. The summed E-state index contributed by atoms with van der Waals surface area (Å²) < 4.78 is 6.51. The molecule has 0 atom stereocenters. The van der Waals surface area contributed by atoms with Crippen molar-refractivity contribution in [1.82, 2.24) is 9.78 Å². The maximum atomic E-state index is 12.0. The highest BCUT2D eigenvalue weighted by Gasteiger charge is 2.28. The Bertz CT molecular complexity index is 477. The number of hydrogen-bond acceptors (Lipinski definition) is 6. The molecule has 1 fully saturated rings. The minimum atomic E-state index is -0.435. The lowest BCUT2D eigenvalue weighted by Crippen LogP contribution is -2.40. The molecule has 1 saturated heterocycles. The fraction of sp³-hybridized carbons (Fsp3) is 0.692. The van der Waals surface area contributed by atoms with Crippen molar-refractivity contribution in [1.29, 1.82) is 0 Å². The number of nitrogen functional groups attached to an aromatic ring is 1. The Morgan fingerprint density at radius 1 is 1.45 bits per heavy atom. The Hall–Kier alpha value is -1.76. The molecular weight excluding hydrogens is 258 g/mol. The lowest BCUT2D eigenvalue weighted by atomic mass is 10.1. The van der Waals surface area contributed by atoms with E-state index in [0.29, 0.717) is 23.7 Å². The number of aromatic nitrogens is 2. The molecule has 1 aromatic heterocycles. The first-order valence-corrected chi connectivity index (χ1v) is 7.03. The molecule has 7 nitrogen and oxygen atoms in total. The molecule has 2 rings (SSSR count). The van der Waals surface area contributed by atoms with Crippen molar-refractivity contribution >= 4 is 17.6 Å². The predicted molar refractivity (Wildman–Crippen MR) is 77.7 cm³/mol. The zero-order chi connectivity index (χ0) is 14.7. The van der Waals surface area contributed by atoms with Crippen molar-refractivity contribution in [3.8, 4) is 0 Å². The summed E-state index contributed by atoms with van der Waals surface area (Å²) in [6, 6.07) is 0.225. The second-order valence-electron chi connectivity index (χ2n) is 5.12. The normalized spacial score (nSPS) is 16.4. The van der Waals surface area contributed by atoms with Crippen LogP contribution >= 0.6 is 0 Å². The molecule has 0 aliphatic carbocycles. The average molecular weight is 281 g/mol. The van der Waals surface area contributed by atoms with Gasteiger partial charge in [0.25, 0.3) is 0 Å². The lowest BCUT2D eigenvalue weighted by molar-refractivity contribution is 0.0602. The van der Waals surface area contributed by atoms with Crippen LogP contribution in [0.1, 0.15) is 36.5 Å². The third-order valence-corrected chi connectivity index (χ3v) is 3.64. The quantitative estimate of drug-likeness (QED) is 0.784. The van der Waals surface area contributed by atoms with Crippen LogP contribution in [-0.2, 0) is 11.3 Å². The number of carbonyl (C=O) groups excluding carboxylic acids is 1. The number of aryl methyl sites for hydroxylation is 1. The van der Waals surface area contributed by atoms with E-state index in [4.69, 9.17) is 16.2 Å². The van der Waals surface area contributed by atoms with Crippen molar-refractivity contribution in [2.24, 2.45) is 5.73 Å². The van der Waals surface area contributed by atoms with E-state index in [-0.39, 0.29) is 6.04 Å². The molecule has 0 aromatic carbocycles. The molecule has 112 valence electrons. The van der Waals surface area contributed by atoms with E-state index in [2.05, 4.69) is 10.00 Å². The number of carbonyl (C=O) groups is 1. The van der Waals surface area contributed by atoms with Crippen LogP contribution in [0.25, 0.3) is 0 Å². The largest absolute Gasteiger partial charge is 0.465 e. The SMILES string of the molecule is CCCn1nc(N2CCC(N)CC2)c(C(=O)OC)c1N. The molecule has 20 heavy (non-hydrogen) atoms. The Kier molecular flexibility index (Phi) is 4.49. The van der Waals surface area contributed by atoms with Gasteiger partial charge in [0.2, 0.25) is 0 Å². The van der Waals surface area contributed by atoms with Gasteiger partial charge in [-0.05, 0) is 19.3 Å². The van der Waals surface area contributed by atoms with Gasteiger partial charge >= 0.3 is 5.97 Å². The standard InChI is InChI=1S/C13H23N5O2/c1-3-6-18-11(15)10(13(19)20-2)12(16-18)17-7-4-9(14)5-8-17/h9H,3-8,14-15H2,1-2H3. The van der Waals surface area contributed by atoms with E-state index in [9.17, 15) is 4.79 Å². The van der Waals surface area contributed by atoms with E-state index in [0.717, 1.165) is 32.4 Å². The van der Waals surface area contributed by atoms with Crippen LogP contribution in [0.2, 0.25) is 0 Å². The summed E-state index contributed by atoms with van der Waals surface area (Å²) in [6.07, 6.45) is 2.68. The molecule has 2 heterocycles. The minimum Gasteiger partial charge on any atom is -0.465 e. The summed E-state index contributed by atoms with van der Waals surface area (Å²) in [4.78, 5) is 14.0. The number of hydrogen-bond donors (Lipinski definition) is 2. The van der Waals surface area contributed by atoms with Gasteiger partial charge in [-0.1, -0.05) is 6.92 Å². The average Bonchev–Trinajstić information content (AvgIpc) is 2.77. The van der Waals surface area contributed by atoms with Gasteiger partial charge in [-0.25, -0.2) is 9.48 Å². The molecule has 1 aliphatic heterocycles. The van der Waals surface area contributed by atoms with E-state index in [1.54, 1.807) is 4.68 Å². The zero-order valence-electron chi connectivity index (χ0n) is 12.1. The molecule has 1 aromatic rings. The summed E-state index contributed by atoms with van der Waals surface area (Å²) in [6.45, 7) is 4.29. The van der Waals surface area contributed by atoms with Crippen LogP contribution in [-0.4, -0.2) is 42.0 Å². The second-order valence-corrected chi connectivity index (χ2v) is 5.12. The molecule has 4 N–H and O–H groups in total. The van der Waals surface area contributed by atoms with Crippen molar-refractivity contribution in [2.45, 2.75) is 38.8 Å². The number of anilines is 2. The molecule has 0 bridgehead atoms. The van der Waals surface area contributed by atoms with Gasteiger partial charge in [0.05, 0.1) is 7.11 Å². The number of methoxy groups -OCH3 is 1. The van der Waals surface area contributed by atoms with Gasteiger partial charge in [-0.3, -0.25) is 0 Å². The van der Waals surface area contributed by atoms with Crippen LogP contribution < -0.4 is 16.4 Å². The predicted octanol–water partition coefficient (Wildman–Crippen LogP) is 0.589. The molecule has 7 heteroatoms. The molecule has 1 aliphatic rings. The van der Waals surface area contributed by atoms with Crippen LogP contribution in [0.5, 0.6) is 0 Å². The first-order valence-electron chi connectivity index (χ1n) is 7.03. The number of nitrogens with zero attached hydrogens (tertiary/aromatic N) is 3. The van der Waals surface area contributed by atoms with E-state index in [1.807, 2.05) is 6.92 Å². The molecule has 0 saturated carbocycles. The summed E-state index contributed by atoms with van der Waals surface area (Å²) in [5.41, 5.74) is 12.3. The fourth-order valence-electron chi connectivity index (χ4n) is 2.47. The smallest absolute Gasteiger partial charge is 0.345 e. The first kappa shape index (κ1) is 14.6. The van der Waals surface area contributed by atoms with Crippen LogP contribution in [0.4, 0.5) is 11.6 Å². The van der Waals surface area contributed by atoms with E-state index < -0.39 is 5.97 Å².